The van der Waals surface area contributed by atoms with Gasteiger partial charge in [0.05, 0.1) is 0 Å². The lowest BCUT2D eigenvalue weighted by Crippen LogP contribution is -2.29. The molecule has 2 unspecified atom stereocenters. The van der Waals surface area contributed by atoms with E-state index in [0.717, 1.165) is 44.6 Å². The molecule has 0 bridgehead atoms. The predicted octanol–water partition coefficient (Wildman–Crippen LogP) is 10.8. The highest BCUT2D eigenvalue weighted by Crippen LogP contribution is 2.52. The van der Waals surface area contributed by atoms with Gasteiger partial charge in [0.25, 0.3) is 0 Å². The summed E-state index contributed by atoms with van der Waals surface area (Å²) in [4.78, 5) is 2.60. The molecule has 2 nitrogen and oxygen atoms in total. The van der Waals surface area contributed by atoms with Crippen LogP contribution in [0.2, 0.25) is 0 Å². The summed E-state index contributed by atoms with van der Waals surface area (Å²) in [5.74, 6) is 1.07. The molecule has 5 rings (SSSR count). The van der Waals surface area contributed by atoms with E-state index in [1.54, 1.807) is 0 Å². The number of hydrogen-bond donors (Lipinski definition) is 0. The average molecular weight is 628 g/mol. The number of ether oxygens (including phenoxy) is 1. The molecular formula is C43H50NOP. The van der Waals surface area contributed by atoms with E-state index in [1.165, 1.54) is 49.8 Å². The van der Waals surface area contributed by atoms with Crippen LogP contribution in [0.3, 0.4) is 0 Å². The van der Waals surface area contributed by atoms with Crippen LogP contribution in [0.1, 0.15) is 77.6 Å². The molecule has 0 radical (unpaired) electrons. The molecule has 0 amide bonds. The highest BCUT2D eigenvalue weighted by molar-refractivity contribution is 7.48. The Kier molecular flexibility index (Phi) is 11.9. The van der Waals surface area contributed by atoms with Crippen molar-refractivity contribution in [2.24, 2.45) is 0 Å². The summed E-state index contributed by atoms with van der Waals surface area (Å²) < 4.78 is 6.75. The van der Waals surface area contributed by atoms with Crippen LogP contribution in [0.15, 0.2) is 121 Å². The zero-order chi connectivity index (χ0) is 32.4. The summed E-state index contributed by atoms with van der Waals surface area (Å²) >= 11 is 0. The standard InChI is InChI=1S/C43H50NOP/c1-6-26-43(7-2,40-28-33(3)27-35(5)41(40)45-32-38-23-15-10-16-24-38)46-42-34(4)18-17-25-39(42)31-44(29-36-19-11-8-12-20-36)30-37-21-13-9-14-22-37/h8-25,27-28,46H,6-7,26,29-32H2,1-5H3. The Bertz CT molecular complexity index is 1630. The maximum absolute atomic E-state index is 6.75. The van der Waals surface area contributed by atoms with E-state index in [2.05, 4.69) is 161 Å². The van der Waals surface area contributed by atoms with Gasteiger partial charge in [-0.3, -0.25) is 4.90 Å². The fraction of sp³-hybridized carbons (Fsp3) is 0.302. The van der Waals surface area contributed by atoms with Crippen LogP contribution >= 0.6 is 8.58 Å². The number of nitrogens with zero attached hydrogens (tertiary/aromatic N) is 1. The zero-order valence-electron chi connectivity index (χ0n) is 28.4. The maximum Gasteiger partial charge on any atom is 0.126 e. The molecule has 2 atom stereocenters. The second-order valence-corrected chi connectivity index (χ2v) is 14.5. The molecule has 0 N–H and O–H groups in total. The van der Waals surface area contributed by atoms with E-state index in [0.29, 0.717) is 15.2 Å². The van der Waals surface area contributed by atoms with Crippen LogP contribution < -0.4 is 10.0 Å². The minimum absolute atomic E-state index is 0.0118. The largest absolute Gasteiger partial charge is 0.488 e. The van der Waals surface area contributed by atoms with Gasteiger partial charge in [-0.05, 0) is 72.3 Å². The molecule has 0 aromatic heterocycles. The minimum Gasteiger partial charge on any atom is -0.488 e. The highest BCUT2D eigenvalue weighted by atomic mass is 31.1. The summed E-state index contributed by atoms with van der Waals surface area (Å²) in [6.45, 7) is 14.8. The molecule has 0 saturated carbocycles. The molecule has 5 aromatic carbocycles. The van der Waals surface area contributed by atoms with Crippen LogP contribution in [0.25, 0.3) is 0 Å². The summed E-state index contributed by atoms with van der Waals surface area (Å²) in [5.41, 5.74) is 10.6. The summed E-state index contributed by atoms with van der Waals surface area (Å²) in [5, 5.41) is 1.50. The molecule has 0 aliphatic carbocycles. The topological polar surface area (TPSA) is 12.5 Å². The molecular weight excluding hydrogens is 577 g/mol. The van der Waals surface area contributed by atoms with Crippen LogP contribution in [0.4, 0.5) is 0 Å². The van der Waals surface area contributed by atoms with Crippen LogP contribution in [0, 0.1) is 20.8 Å². The fourth-order valence-corrected chi connectivity index (χ4v) is 8.70. The van der Waals surface area contributed by atoms with E-state index < -0.39 is 0 Å². The first-order valence-corrected chi connectivity index (χ1v) is 17.9. The Morgan fingerprint density at radius 2 is 1.22 bits per heavy atom. The van der Waals surface area contributed by atoms with Crippen molar-refractivity contribution in [1.82, 2.24) is 4.90 Å². The Morgan fingerprint density at radius 1 is 0.630 bits per heavy atom. The molecule has 238 valence electrons. The Morgan fingerprint density at radius 3 is 1.78 bits per heavy atom. The van der Waals surface area contributed by atoms with Crippen molar-refractivity contribution in [3.05, 3.63) is 166 Å². The summed E-state index contributed by atoms with van der Waals surface area (Å²) in [7, 11) is 0.637. The Hall–Kier alpha value is -3.71. The van der Waals surface area contributed by atoms with Crippen molar-refractivity contribution >= 4 is 13.9 Å². The van der Waals surface area contributed by atoms with Gasteiger partial charge in [0.15, 0.2) is 0 Å². The maximum atomic E-state index is 6.75. The SMILES string of the molecule is CCCC(CC)(Pc1c(C)cccc1CN(Cc1ccccc1)Cc1ccccc1)c1cc(C)cc(C)c1OCc1ccccc1. The van der Waals surface area contributed by atoms with Crippen molar-refractivity contribution in [3.8, 4) is 5.75 Å². The third kappa shape index (κ3) is 8.55. The van der Waals surface area contributed by atoms with Gasteiger partial charge in [0.1, 0.15) is 12.4 Å². The quantitative estimate of drug-likeness (QED) is 0.107. The monoisotopic (exact) mass is 627 g/mol. The minimum atomic E-state index is -0.0118. The second-order valence-electron chi connectivity index (χ2n) is 12.8. The third-order valence-electron chi connectivity index (χ3n) is 9.06. The second kappa shape index (κ2) is 16.2. The van der Waals surface area contributed by atoms with Gasteiger partial charge >= 0.3 is 0 Å². The molecule has 0 aliphatic heterocycles. The predicted molar refractivity (Wildman–Crippen MR) is 199 cm³/mol. The molecule has 5 aromatic rings. The van der Waals surface area contributed by atoms with E-state index in [9.17, 15) is 0 Å². The van der Waals surface area contributed by atoms with Crippen LogP contribution in [-0.4, -0.2) is 4.90 Å². The van der Waals surface area contributed by atoms with Crippen molar-refractivity contribution in [2.45, 2.75) is 85.3 Å². The molecule has 46 heavy (non-hydrogen) atoms. The summed E-state index contributed by atoms with van der Waals surface area (Å²) in [6, 6.07) is 44.0. The Labute approximate surface area is 279 Å². The molecule has 0 heterocycles. The van der Waals surface area contributed by atoms with Crippen molar-refractivity contribution in [3.63, 3.8) is 0 Å². The van der Waals surface area contributed by atoms with Crippen molar-refractivity contribution in [1.29, 1.82) is 0 Å². The molecule has 0 spiro atoms. The fourth-order valence-electron chi connectivity index (χ4n) is 6.75. The number of aryl methyl sites for hydroxylation is 3. The van der Waals surface area contributed by atoms with Gasteiger partial charge in [-0.15, -0.1) is 0 Å². The molecule has 0 fully saturated rings. The van der Waals surface area contributed by atoms with E-state index in [4.69, 9.17) is 4.74 Å². The lowest BCUT2D eigenvalue weighted by Gasteiger charge is -2.37. The van der Waals surface area contributed by atoms with Gasteiger partial charge in [-0.1, -0.05) is 156 Å². The Balaban J connectivity index is 1.53. The van der Waals surface area contributed by atoms with E-state index in [-0.39, 0.29) is 5.16 Å². The van der Waals surface area contributed by atoms with Crippen LogP contribution in [-0.2, 0) is 31.4 Å². The van der Waals surface area contributed by atoms with Gasteiger partial charge in [0, 0.05) is 30.4 Å². The van der Waals surface area contributed by atoms with E-state index in [1.807, 2.05) is 0 Å². The molecule has 0 aliphatic rings. The lowest BCUT2D eigenvalue weighted by atomic mass is 9.87. The van der Waals surface area contributed by atoms with Crippen molar-refractivity contribution < 1.29 is 4.74 Å². The smallest absolute Gasteiger partial charge is 0.126 e. The summed E-state index contributed by atoms with van der Waals surface area (Å²) in [6.07, 6.45) is 3.31. The normalized spacial score (nSPS) is 12.9. The van der Waals surface area contributed by atoms with Crippen molar-refractivity contribution in [2.75, 3.05) is 0 Å². The average Bonchev–Trinajstić information content (AvgIpc) is 3.06. The van der Waals surface area contributed by atoms with E-state index >= 15 is 0 Å². The highest BCUT2D eigenvalue weighted by Gasteiger charge is 2.35. The first-order chi connectivity index (χ1) is 22.4. The number of rotatable bonds is 15. The first kappa shape index (κ1) is 33.6. The number of hydrogen-bond acceptors (Lipinski definition) is 2. The molecule has 0 saturated heterocycles. The number of benzene rings is 5. The van der Waals surface area contributed by atoms with Gasteiger partial charge in [-0.2, -0.15) is 0 Å². The third-order valence-corrected chi connectivity index (χ3v) is 11.4. The first-order valence-electron chi connectivity index (χ1n) is 16.9. The van der Waals surface area contributed by atoms with Gasteiger partial charge < -0.3 is 4.74 Å². The van der Waals surface area contributed by atoms with Gasteiger partial charge in [-0.25, -0.2) is 0 Å². The lowest BCUT2D eigenvalue weighted by molar-refractivity contribution is 0.248. The zero-order valence-corrected chi connectivity index (χ0v) is 29.4. The molecule has 3 heteroatoms. The van der Waals surface area contributed by atoms with Gasteiger partial charge in [0.2, 0.25) is 0 Å². The van der Waals surface area contributed by atoms with Crippen LogP contribution in [0.5, 0.6) is 5.75 Å².